The molecule has 1 aromatic rings. The highest BCUT2D eigenvalue weighted by Crippen LogP contribution is 2.32. The average Bonchev–Trinajstić information content (AvgIpc) is 2.35. The van der Waals surface area contributed by atoms with Crippen LogP contribution in [-0.4, -0.2) is 20.7 Å². The fourth-order valence-corrected chi connectivity index (χ4v) is 3.81. The summed E-state index contributed by atoms with van der Waals surface area (Å²) in [5.41, 5.74) is 1.73. The summed E-state index contributed by atoms with van der Waals surface area (Å²) >= 11 is 0. The molecule has 0 N–H and O–H groups in total. The summed E-state index contributed by atoms with van der Waals surface area (Å²) in [5.74, 6) is -0.193. The van der Waals surface area contributed by atoms with Crippen LogP contribution >= 0.6 is 0 Å². The van der Waals surface area contributed by atoms with Crippen molar-refractivity contribution in [3.8, 4) is 0 Å². The minimum atomic E-state index is -1.30. The Labute approximate surface area is 117 Å². The van der Waals surface area contributed by atoms with Gasteiger partial charge in [-0.1, -0.05) is 56.6 Å². The lowest BCUT2D eigenvalue weighted by atomic mass is 9.94. The number of rotatable bonds is 6. The highest BCUT2D eigenvalue weighted by atomic mass is 28.3. The second-order valence-electron chi connectivity index (χ2n) is 5.97. The molecule has 104 valence electrons. The Kier molecular flexibility index (Phi) is 5.55. The maximum absolute atomic E-state index is 11.9. The van der Waals surface area contributed by atoms with Crippen LogP contribution in [0.1, 0.15) is 18.4 Å². The van der Waals surface area contributed by atoms with Gasteiger partial charge < -0.3 is 4.74 Å². The third kappa shape index (κ3) is 5.03. The van der Waals surface area contributed by atoms with Crippen LogP contribution in [0.4, 0.5) is 0 Å². The van der Waals surface area contributed by atoms with Crippen molar-refractivity contribution in [1.82, 2.24) is 0 Å². The third-order valence-electron chi connectivity index (χ3n) is 2.98. The fraction of sp³-hybridized carbons (Fsp3) is 0.438. The van der Waals surface area contributed by atoms with Crippen LogP contribution in [0.15, 0.2) is 42.5 Å². The van der Waals surface area contributed by atoms with Gasteiger partial charge in [-0.25, -0.2) is 4.79 Å². The molecule has 0 amide bonds. The maximum atomic E-state index is 11.9. The fourth-order valence-electron chi connectivity index (χ4n) is 2.11. The molecule has 0 spiro atoms. The van der Waals surface area contributed by atoms with E-state index < -0.39 is 8.07 Å². The predicted molar refractivity (Wildman–Crippen MR) is 83.1 cm³/mol. The van der Waals surface area contributed by atoms with Crippen molar-refractivity contribution >= 4 is 14.0 Å². The lowest BCUT2D eigenvalue weighted by Crippen LogP contribution is -2.26. The molecule has 1 unspecified atom stereocenters. The van der Waals surface area contributed by atoms with Crippen LogP contribution in [0, 0.1) is 0 Å². The monoisotopic (exact) mass is 276 g/mol. The van der Waals surface area contributed by atoms with Gasteiger partial charge in [0.05, 0.1) is 6.61 Å². The van der Waals surface area contributed by atoms with Gasteiger partial charge in [-0.15, -0.1) is 0 Å². The summed E-state index contributed by atoms with van der Waals surface area (Å²) in [4.78, 5) is 11.9. The van der Waals surface area contributed by atoms with Gasteiger partial charge in [0, 0.05) is 19.6 Å². The van der Waals surface area contributed by atoms with E-state index in [1.165, 1.54) is 0 Å². The van der Waals surface area contributed by atoms with Gasteiger partial charge in [0.1, 0.15) is 0 Å². The molecule has 1 rings (SSSR count). The smallest absolute Gasteiger partial charge is 0.334 e. The van der Waals surface area contributed by atoms with Gasteiger partial charge in [0.15, 0.2) is 0 Å². The van der Waals surface area contributed by atoms with Gasteiger partial charge >= 0.3 is 5.97 Å². The van der Waals surface area contributed by atoms with Crippen LogP contribution in [-0.2, 0) is 9.53 Å². The average molecular weight is 276 g/mol. The van der Waals surface area contributed by atoms with Gasteiger partial charge in [-0.3, -0.25) is 0 Å². The first-order valence-corrected chi connectivity index (χ1v) is 10.5. The molecule has 0 saturated heterocycles. The van der Waals surface area contributed by atoms with Crippen LogP contribution < -0.4 is 0 Å². The van der Waals surface area contributed by atoms with Crippen molar-refractivity contribution in [3.63, 3.8) is 0 Å². The first-order valence-electron chi connectivity index (χ1n) is 6.76. The highest BCUT2D eigenvalue weighted by molar-refractivity contribution is 6.76. The SMILES string of the molecule is C=C(C(=O)OCC)C(C[Si](C)(C)C)c1ccccc1. The zero-order valence-corrected chi connectivity index (χ0v) is 13.4. The van der Waals surface area contributed by atoms with Crippen molar-refractivity contribution < 1.29 is 9.53 Å². The van der Waals surface area contributed by atoms with E-state index >= 15 is 0 Å². The molecule has 1 atom stereocenters. The first-order chi connectivity index (χ1) is 8.85. The van der Waals surface area contributed by atoms with Crippen LogP contribution in [0.25, 0.3) is 0 Å². The van der Waals surface area contributed by atoms with Gasteiger partial charge in [0.2, 0.25) is 0 Å². The van der Waals surface area contributed by atoms with E-state index in [1.807, 2.05) is 25.1 Å². The summed E-state index contributed by atoms with van der Waals surface area (Å²) in [7, 11) is -1.30. The lowest BCUT2D eigenvalue weighted by Gasteiger charge is -2.25. The van der Waals surface area contributed by atoms with Crippen LogP contribution in [0.5, 0.6) is 0 Å². The van der Waals surface area contributed by atoms with Gasteiger partial charge in [-0.2, -0.15) is 0 Å². The number of carbonyl (C=O) groups is 1. The Balaban J connectivity index is 3.00. The topological polar surface area (TPSA) is 26.3 Å². The quantitative estimate of drug-likeness (QED) is 0.441. The number of hydrogen-bond donors (Lipinski definition) is 0. The number of carbonyl (C=O) groups excluding carboxylic acids is 1. The molecular formula is C16H24O2Si. The van der Waals surface area contributed by atoms with Crippen molar-refractivity contribution in [1.29, 1.82) is 0 Å². The normalized spacial score (nSPS) is 12.8. The molecule has 3 heteroatoms. The van der Waals surface area contributed by atoms with E-state index in [9.17, 15) is 4.79 Å². The Bertz CT molecular complexity index is 432. The summed E-state index contributed by atoms with van der Waals surface area (Å²) in [6.45, 7) is 13.1. The molecule has 0 aliphatic rings. The second-order valence-corrected chi connectivity index (χ2v) is 11.5. The summed E-state index contributed by atoms with van der Waals surface area (Å²) in [6, 6.07) is 11.1. The van der Waals surface area contributed by atoms with E-state index in [1.54, 1.807) is 0 Å². The van der Waals surface area contributed by atoms with Crippen LogP contribution in [0.3, 0.4) is 0 Å². The molecule has 1 aromatic carbocycles. The summed E-state index contributed by atoms with van der Waals surface area (Å²) < 4.78 is 5.10. The van der Waals surface area contributed by atoms with E-state index in [0.29, 0.717) is 12.2 Å². The summed E-state index contributed by atoms with van der Waals surface area (Å²) in [6.07, 6.45) is 0. The Morgan fingerprint density at radius 2 is 1.84 bits per heavy atom. The minimum Gasteiger partial charge on any atom is -0.463 e. The van der Waals surface area contributed by atoms with E-state index in [-0.39, 0.29) is 11.9 Å². The molecule has 0 saturated carbocycles. The lowest BCUT2D eigenvalue weighted by molar-refractivity contribution is -0.138. The van der Waals surface area contributed by atoms with Crippen LogP contribution in [0.2, 0.25) is 25.7 Å². The standard InChI is InChI=1S/C16H24O2Si/c1-6-18-16(17)13(2)15(12-19(3,4)5)14-10-8-7-9-11-14/h7-11,15H,2,6,12H2,1,3-5H3. The van der Waals surface area contributed by atoms with Gasteiger partial charge in [0.25, 0.3) is 0 Å². The molecular weight excluding hydrogens is 252 g/mol. The summed E-state index contributed by atoms with van der Waals surface area (Å²) in [5, 5.41) is 0. The Morgan fingerprint density at radius 1 is 1.26 bits per heavy atom. The molecule has 2 nitrogen and oxygen atoms in total. The molecule has 0 aliphatic heterocycles. The number of hydrogen-bond acceptors (Lipinski definition) is 2. The largest absolute Gasteiger partial charge is 0.463 e. The number of benzene rings is 1. The molecule has 0 aromatic heterocycles. The highest BCUT2D eigenvalue weighted by Gasteiger charge is 2.27. The van der Waals surface area contributed by atoms with Crippen molar-refractivity contribution in [2.45, 2.75) is 38.5 Å². The van der Waals surface area contributed by atoms with Gasteiger partial charge in [-0.05, 0) is 18.5 Å². The zero-order chi connectivity index (χ0) is 14.5. The first kappa shape index (κ1) is 15.7. The molecule has 0 radical (unpaired) electrons. The van der Waals surface area contributed by atoms with Crippen molar-refractivity contribution in [2.75, 3.05) is 6.61 Å². The van der Waals surface area contributed by atoms with E-state index in [0.717, 1.165) is 11.6 Å². The number of esters is 1. The van der Waals surface area contributed by atoms with E-state index in [4.69, 9.17) is 4.74 Å². The second kappa shape index (κ2) is 6.71. The maximum Gasteiger partial charge on any atom is 0.334 e. The predicted octanol–water partition coefficient (Wildman–Crippen LogP) is 4.23. The molecule has 0 aliphatic carbocycles. The molecule has 0 heterocycles. The Morgan fingerprint density at radius 3 is 2.32 bits per heavy atom. The number of ether oxygens (including phenoxy) is 1. The zero-order valence-electron chi connectivity index (χ0n) is 12.4. The van der Waals surface area contributed by atoms with E-state index in [2.05, 4.69) is 38.4 Å². The molecule has 0 fully saturated rings. The van der Waals surface area contributed by atoms with Crippen molar-refractivity contribution in [3.05, 3.63) is 48.0 Å². The van der Waals surface area contributed by atoms with Crippen molar-refractivity contribution in [2.24, 2.45) is 0 Å². The minimum absolute atomic E-state index is 0.0758. The Hall–Kier alpha value is -1.35. The third-order valence-corrected chi connectivity index (χ3v) is 4.61. The molecule has 19 heavy (non-hydrogen) atoms. The molecule has 0 bridgehead atoms.